The fraction of sp³-hybridized carbons (Fsp3) is 0.732. The number of carbonyl (C=O) groups excluding carboxylic acids is 3. The monoisotopic (exact) mass is 747 g/mol. The molecule has 0 unspecified atom stereocenters. The van der Waals surface area contributed by atoms with Gasteiger partial charge in [-0.15, -0.1) is 0 Å². The molecule has 2 bridgehead atoms. The number of allylic oxidation sites excluding steroid dienone is 3. The summed E-state index contributed by atoms with van der Waals surface area (Å²) >= 11 is 0. The maximum atomic E-state index is 13.6. The third-order valence-corrected chi connectivity index (χ3v) is 10.8. The number of hydrogen-bond acceptors (Lipinski definition) is 11. The van der Waals surface area contributed by atoms with Gasteiger partial charge in [0.15, 0.2) is 17.9 Å². The predicted molar refractivity (Wildman–Crippen MR) is 200 cm³/mol. The van der Waals surface area contributed by atoms with Gasteiger partial charge >= 0.3 is 12.1 Å². The topological polar surface area (TPSA) is 184 Å². The number of ether oxygens (including phenoxy) is 5. The Labute approximate surface area is 315 Å². The van der Waals surface area contributed by atoms with Gasteiger partial charge in [-0.3, -0.25) is 9.59 Å². The predicted octanol–water partition coefficient (Wildman–Crippen LogP) is 5.96. The summed E-state index contributed by atoms with van der Waals surface area (Å²) in [6.45, 7) is 16.9. The van der Waals surface area contributed by atoms with Crippen LogP contribution in [0.5, 0.6) is 0 Å². The van der Waals surface area contributed by atoms with Gasteiger partial charge in [-0.2, -0.15) is 0 Å². The van der Waals surface area contributed by atoms with Crippen LogP contribution in [0.2, 0.25) is 0 Å². The number of fused-ring (bicyclic) bond motifs is 2. The second kappa shape index (κ2) is 20.2. The smallest absolute Gasteiger partial charge is 0.404 e. The molecule has 53 heavy (non-hydrogen) atoms. The third kappa shape index (κ3) is 13.1. The lowest BCUT2D eigenvalue weighted by molar-refractivity contribution is -0.254. The van der Waals surface area contributed by atoms with Crippen molar-refractivity contribution in [2.24, 2.45) is 29.4 Å². The van der Waals surface area contributed by atoms with Crippen LogP contribution in [0.15, 0.2) is 47.1 Å². The first-order valence-electron chi connectivity index (χ1n) is 19.3. The number of hydrogen-bond donors (Lipinski definition) is 4. The summed E-state index contributed by atoms with van der Waals surface area (Å²) < 4.78 is 29.8. The van der Waals surface area contributed by atoms with Gasteiger partial charge in [0.2, 0.25) is 0 Å². The maximum absolute atomic E-state index is 13.6. The van der Waals surface area contributed by atoms with Crippen LogP contribution in [0.4, 0.5) is 4.79 Å². The van der Waals surface area contributed by atoms with E-state index in [0.717, 1.165) is 11.1 Å². The van der Waals surface area contributed by atoms with E-state index in [1.165, 1.54) is 0 Å². The zero-order valence-corrected chi connectivity index (χ0v) is 33.2. The Kier molecular flexibility index (Phi) is 16.9. The van der Waals surface area contributed by atoms with E-state index < -0.39 is 72.8 Å². The van der Waals surface area contributed by atoms with Gasteiger partial charge in [0.25, 0.3) is 0 Å². The summed E-state index contributed by atoms with van der Waals surface area (Å²) in [5.41, 5.74) is 7.78. The average molecular weight is 748 g/mol. The van der Waals surface area contributed by atoms with Gasteiger partial charge in [-0.1, -0.05) is 65.0 Å². The number of cyclic esters (lactones) is 1. The molecule has 0 aliphatic carbocycles. The highest BCUT2D eigenvalue weighted by Gasteiger charge is 2.41. The minimum absolute atomic E-state index is 0.000108. The Hall–Kier alpha value is -2.87. The lowest BCUT2D eigenvalue weighted by atomic mass is 9.80. The molecule has 0 radical (unpaired) electrons. The highest BCUT2D eigenvalue weighted by atomic mass is 16.7. The van der Waals surface area contributed by atoms with Crippen LogP contribution in [0.25, 0.3) is 0 Å². The number of primary amides is 1. The van der Waals surface area contributed by atoms with Crippen LogP contribution >= 0.6 is 0 Å². The first-order valence-corrected chi connectivity index (χ1v) is 19.3. The molecule has 1 fully saturated rings. The van der Waals surface area contributed by atoms with Crippen LogP contribution in [0, 0.1) is 23.7 Å². The van der Waals surface area contributed by atoms with E-state index in [1.807, 2.05) is 79.7 Å². The molecule has 5 N–H and O–H groups in total. The van der Waals surface area contributed by atoms with Crippen molar-refractivity contribution < 1.29 is 53.4 Å². The van der Waals surface area contributed by atoms with E-state index in [2.05, 4.69) is 6.08 Å². The minimum Gasteiger partial charge on any atom is -0.462 e. The molecule has 0 aromatic heterocycles. The molecule has 0 aromatic rings. The summed E-state index contributed by atoms with van der Waals surface area (Å²) in [6.07, 6.45) is 5.49. The van der Waals surface area contributed by atoms with E-state index in [9.17, 15) is 29.7 Å². The Morgan fingerprint density at radius 3 is 2.43 bits per heavy atom. The number of rotatable bonds is 9. The van der Waals surface area contributed by atoms with Crippen molar-refractivity contribution in [1.29, 1.82) is 0 Å². The molecule has 0 spiro atoms. The zero-order chi connectivity index (χ0) is 39.6. The highest BCUT2D eigenvalue weighted by Crippen LogP contribution is 2.35. The Bertz CT molecular complexity index is 1370. The second-order valence-electron chi connectivity index (χ2n) is 15.7. The fourth-order valence-corrected chi connectivity index (χ4v) is 7.71. The number of carbonyl (C=O) groups is 3. The average Bonchev–Trinajstić information content (AvgIpc) is 3.08. The summed E-state index contributed by atoms with van der Waals surface area (Å²) in [5, 5.41) is 33.8. The molecule has 3 heterocycles. The first kappa shape index (κ1) is 44.5. The Morgan fingerprint density at radius 2 is 1.77 bits per heavy atom. The fourth-order valence-electron chi connectivity index (χ4n) is 7.71. The third-order valence-electron chi connectivity index (χ3n) is 10.8. The number of nitrogens with two attached hydrogens (primary N) is 1. The van der Waals surface area contributed by atoms with Crippen molar-refractivity contribution in [3.05, 3.63) is 47.1 Å². The van der Waals surface area contributed by atoms with Crippen molar-refractivity contribution in [2.75, 3.05) is 0 Å². The number of Topliss-reactive ketones (excluding diaryl/α,β-unsaturated/α-hetero) is 1. The van der Waals surface area contributed by atoms with Gasteiger partial charge in [-0.25, -0.2) is 4.79 Å². The quantitative estimate of drug-likeness (QED) is 0.124. The van der Waals surface area contributed by atoms with Crippen LogP contribution < -0.4 is 5.73 Å². The molecule has 1 amide bonds. The molecule has 3 aliphatic heterocycles. The maximum Gasteiger partial charge on any atom is 0.404 e. The largest absolute Gasteiger partial charge is 0.462 e. The van der Waals surface area contributed by atoms with E-state index in [0.29, 0.717) is 37.7 Å². The van der Waals surface area contributed by atoms with Gasteiger partial charge in [0, 0.05) is 31.1 Å². The van der Waals surface area contributed by atoms with Crippen molar-refractivity contribution >= 4 is 17.8 Å². The summed E-state index contributed by atoms with van der Waals surface area (Å²) in [5.74, 6) is -3.42. The van der Waals surface area contributed by atoms with Gasteiger partial charge in [-0.05, 0) is 81.9 Å². The SMILES string of the molecule is CCC(=O)/C(C)=C/[C@@H](C)C[C@@H](C)[C@H]1OC(=O)C[C@@]2(O)CC=C(C)[C@H](O2)/C(C)=C/CCC[C@@H](O[C@@H]2C[C@H](OC(N)=O)[C@H](O)[C@H](C)O2)/C=C/[C@@H](C)[C@@H](O)[C@H]1C. The minimum atomic E-state index is -1.76. The number of aliphatic hydroxyl groups excluding tert-OH is 2. The van der Waals surface area contributed by atoms with Crippen LogP contribution in [0.1, 0.15) is 114 Å². The van der Waals surface area contributed by atoms with Gasteiger partial charge in [0.05, 0.1) is 24.7 Å². The van der Waals surface area contributed by atoms with E-state index in [-0.39, 0.29) is 42.8 Å². The molecule has 13 atom stereocenters. The standard InChI is InChI=1S/C41H65NO11/c1-10-32(43)27(6)19-23(2)20-28(7)39-29(8)36(45)24(3)15-16-31(50-35-21-33(51-40(42)47)37(46)30(9)49-35)14-12-11-13-25(4)38-26(5)17-18-41(48,53-38)22-34(44)52-39/h13,15-17,19,23-24,28-31,33,35-39,45-46,48H,10-12,14,18,20-22H2,1-9H3,(H2,42,47)/b16-15+,25-13+,27-19+/t23-,24-,28-,29-,30+,31-,33+,35-,36-,37-,38-,39-,41-/m1/s1. The van der Waals surface area contributed by atoms with E-state index >= 15 is 0 Å². The number of ketones is 1. The first-order chi connectivity index (χ1) is 24.8. The molecule has 1 saturated heterocycles. The summed E-state index contributed by atoms with van der Waals surface area (Å²) in [4.78, 5) is 37.4. The molecule has 12 nitrogen and oxygen atoms in total. The molecule has 0 aromatic carbocycles. The van der Waals surface area contributed by atoms with Crippen molar-refractivity contribution in [2.45, 2.75) is 168 Å². The molecule has 0 saturated carbocycles. The van der Waals surface area contributed by atoms with E-state index in [1.54, 1.807) is 6.92 Å². The van der Waals surface area contributed by atoms with Gasteiger partial charge in [0.1, 0.15) is 24.4 Å². The summed E-state index contributed by atoms with van der Waals surface area (Å²) in [7, 11) is 0. The highest BCUT2D eigenvalue weighted by molar-refractivity contribution is 5.94. The number of esters is 1. The molecule has 3 rings (SSSR count). The lowest BCUT2D eigenvalue weighted by Gasteiger charge is -2.38. The number of aliphatic hydroxyl groups is 3. The molecular weight excluding hydrogens is 682 g/mol. The van der Waals surface area contributed by atoms with Crippen LogP contribution in [-0.2, 0) is 33.3 Å². The second-order valence-corrected chi connectivity index (χ2v) is 15.7. The lowest BCUT2D eigenvalue weighted by Crippen LogP contribution is -2.50. The van der Waals surface area contributed by atoms with Crippen molar-refractivity contribution in [3.63, 3.8) is 0 Å². The van der Waals surface area contributed by atoms with Crippen molar-refractivity contribution in [3.8, 4) is 0 Å². The summed E-state index contributed by atoms with van der Waals surface area (Å²) in [6, 6.07) is 0. The zero-order valence-electron chi connectivity index (χ0n) is 33.2. The Balaban J connectivity index is 1.94. The van der Waals surface area contributed by atoms with Crippen LogP contribution in [0.3, 0.4) is 0 Å². The van der Waals surface area contributed by atoms with Crippen LogP contribution in [-0.4, -0.2) is 88.0 Å². The Morgan fingerprint density at radius 1 is 1.09 bits per heavy atom. The molecule has 12 heteroatoms. The van der Waals surface area contributed by atoms with E-state index in [4.69, 9.17) is 29.4 Å². The number of amides is 1. The van der Waals surface area contributed by atoms with Gasteiger partial charge < -0.3 is 44.7 Å². The molecule has 300 valence electrons. The van der Waals surface area contributed by atoms with Crippen molar-refractivity contribution in [1.82, 2.24) is 0 Å². The molecule has 3 aliphatic rings. The normalized spacial score (nSPS) is 38.1. The molecular formula is C41H65NO11.